The first-order valence-corrected chi connectivity index (χ1v) is 4.78. The van der Waals surface area contributed by atoms with Gasteiger partial charge >= 0.3 is 0 Å². The van der Waals surface area contributed by atoms with Gasteiger partial charge in [-0.25, -0.2) is 0 Å². The van der Waals surface area contributed by atoms with Crippen LogP contribution >= 0.6 is 15.9 Å². The molecule has 0 amide bonds. The number of hydrogen-bond acceptors (Lipinski definition) is 3. The van der Waals surface area contributed by atoms with Crippen LogP contribution in [0.5, 0.6) is 0 Å². The standard InChI is InChI=1S/C8H8BrNO3/c9-6-8(13-10(11)12)7-4-2-1-3-5-7/h1-5,8H,6H2. The molecule has 0 spiro atoms. The molecule has 0 radical (unpaired) electrons. The molecule has 0 aliphatic rings. The third-order valence-electron chi connectivity index (χ3n) is 1.52. The van der Waals surface area contributed by atoms with Crippen molar-refractivity contribution in [3.63, 3.8) is 0 Å². The fourth-order valence-corrected chi connectivity index (χ4v) is 1.44. The Labute approximate surface area is 83.7 Å². The van der Waals surface area contributed by atoms with E-state index in [1.807, 2.05) is 18.2 Å². The molecule has 1 rings (SSSR count). The van der Waals surface area contributed by atoms with Gasteiger partial charge in [0, 0.05) is 5.33 Å². The van der Waals surface area contributed by atoms with E-state index in [0.29, 0.717) is 5.33 Å². The van der Waals surface area contributed by atoms with E-state index in [9.17, 15) is 10.1 Å². The second kappa shape index (κ2) is 4.81. The van der Waals surface area contributed by atoms with Crippen molar-refractivity contribution in [3.05, 3.63) is 46.0 Å². The molecule has 0 aliphatic carbocycles. The monoisotopic (exact) mass is 245 g/mol. The maximum atomic E-state index is 10.1. The van der Waals surface area contributed by atoms with Gasteiger partial charge in [0.1, 0.15) is 6.10 Å². The summed E-state index contributed by atoms with van der Waals surface area (Å²) < 4.78 is 0. The van der Waals surface area contributed by atoms with Crippen molar-refractivity contribution in [2.45, 2.75) is 6.10 Å². The number of rotatable bonds is 4. The van der Waals surface area contributed by atoms with Crippen LogP contribution in [0, 0.1) is 10.1 Å². The molecule has 0 saturated carbocycles. The Morgan fingerprint density at radius 1 is 1.46 bits per heavy atom. The molecule has 5 heteroatoms. The molecule has 4 nitrogen and oxygen atoms in total. The number of alkyl halides is 1. The van der Waals surface area contributed by atoms with Gasteiger partial charge in [0.15, 0.2) is 0 Å². The molecule has 0 aromatic heterocycles. The third kappa shape index (κ3) is 3.02. The Bertz CT molecular complexity index is 278. The Morgan fingerprint density at radius 2 is 2.08 bits per heavy atom. The highest BCUT2D eigenvalue weighted by Gasteiger charge is 2.13. The summed E-state index contributed by atoms with van der Waals surface area (Å²) in [5.41, 5.74) is 0.788. The van der Waals surface area contributed by atoms with Gasteiger partial charge in [-0.15, -0.1) is 10.1 Å². The zero-order chi connectivity index (χ0) is 9.68. The van der Waals surface area contributed by atoms with Gasteiger partial charge in [0.05, 0.1) is 0 Å². The molecule has 1 aromatic rings. The van der Waals surface area contributed by atoms with E-state index >= 15 is 0 Å². The number of halogens is 1. The fraction of sp³-hybridized carbons (Fsp3) is 0.250. The third-order valence-corrected chi connectivity index (χ3v) is 2.11. The van der Waals surface area contributed by atoms with Crippen molar-refractivity contribution >= 4 is 15.9 Å². The molecule has 1 atom stereocenters. The van der Waals surface area contributed by atoms with Crippen LogP contribution < -0.4 is 0 Å². The van der Waals surface area contributed by atoms with E-state index in [-0.39, 0.29) is 0 Å². The van der Waals surface area contributed by atoms with Crippen LogP contribution in [0.25, 0.3) is 0 Å². The lowest BCUT2D eigenvalue weighted by Crippen LogP contribution is -2.10. The highest BCUT2D eigenvalue weighted by Crippen LogP contribution is 2.18. The van der Waals surface area contributed by atoms with E-state index in [1.54, 1.807) is 12.1 Å². The molecular formula is C8H8BrNO3. The highest BCUT2D eigenvalue weighted by atomic mass is 79.9. The SMILES string of the molecule is O=[N+]([O-])OC(CBr)c1ccccc1. The molecular weight excluding hydrogens is 238 g/mol. The number of nitrogens with zero attached hydrogens (tertiary/aromatic N) is 1. The Balaban J connectivity index is 2.73. The lowest BCUT2D eigenvalue weighted by molar-refractivity contribution is -0.769. The minimum Gasteiger partial charge on any atom is -0.305 e. The topological polar surface area (TPSA) is 52.4 Å². The smallest absolute Gasteiger partial charge is 0.295 e. The van der Waals surface area contributed by atoms with Crippen LogP contribution in [-0.4, -0.2) is 10.4 Å². The lowest BCUT2D eigenvalue weighted by atomic mass is 10.1. The first-order valence-electron chi connectivity index (χ1n) is 3.66. The molecule has 1 unspecified atom stereocenters. The Kier molecular flexibility index (Phi) is 3.70. The van der Waals surface area contributed by atoms with E-state index in [0.717, 1.165) is 5.56 Å². The van der Waals surface area contributed by atoms with Gasteiger partial charge in [-0.3, -0.25) is 0 Å². The van der Waals surface area contributed by atoms with E-state index in [2.05, 4.69) is 20.8 Å². The van der Waals surface area contributed by atoms with Crippen LogP contribution in [-0.2, 0) is 4.84 Å². The first kappa shape index (κ1) is 9.98. The maximum Gasteiger partial charge on any atom is 0.295 e. The molecule has 70 valence electrons. The summed E-state index contributed by atoms with van der Waals surface area (Å²) in [4.78, 5) is 14.6. The van der Waals surface area contributed by atoms with Gasteiger partial charge in [0.2, 0.25) is 0 Å². The predicted molar refractivity (Wildman–Crippen MR) is 51.1 cm³/mol. The summed E-state index contributed by atoms with van der Waals surface area (Å²) in [5.74, 6) is 0. The Hall–Kier alpha value is -1.10. The minimum absolute atomic E-state index is 0.401. The summed E-state index contributed by atoms with van der Waals surface area (Å²) in [7, 11) is 0. The van der Waals surface area contributed by atoms with Crippen LogP contribution in [0.1, 0.15) is 11.7 Å². The van der Waals surface area contributed by atoms with Crippen LogP contribution in [0.15, 0.2) is 30.3 Å². The van der Waals surface area contributed by atoms with Gasteiger partial charge < -0.3 is 4.84 Å². The summed E-state index contributed by atoms with van der Waals surface area (Å²) in [6.07, 6.45) is -0.531. The predicted octanol–water partition coefficient (Wildman–Crippen LogP) is 2.33. The molecule has 0 N–H and O–H groups in total. The van der Waals surface area contributed by atoms with E-state index in [4.69, 9.17) is 0 Å². The quantitative estimate of drug-likeness (QED) is 0.465. The van der Waals surface area contributed by atoms with Crippen molar-refractivity contribution in [2.24, 2.45) is 0 Å². The molecule has 0 aliphatic heterocycles. The molecule has 0 fully saturated rings. The maximum absolute atomic E-state index is 10.1. The zero-order valence-electron chi connectivity index (χ0n) is 6.72. The molecule has 0 bridgehead atoms. The minimum atomic E-state index is -0.779. The van der Waals surface area contributed by atoms with Crippen molar-refractivity contribution in [1.29, 1.82) is 0 Å². The summed E-state index contributed by atoms with van der Waals surface area (Å²) >= 11 is 3.15. The molecule has 0 saturated heterocycles. The lowest BCUT2D eigenvalue weighted by Gasteiger charge is -2.11. The number of benzene rings is 1. The fourth-order valence-electron chi connectivity index (χ4n) is 0.950. The highest BCUT2D eigenvalue weighted by molar-refractivity contribution is 9.09. The first-order chi connectivity index (χ1) is 6.24. The second-order valence-corrected chi connectivity index (χ2v) is 3.03. The van der Waals surface area contributed by atoms with Crippen LogP contribution in [0.2, 0.25) is 0 Å². The Morgan fingerprint density at radius 3 is 2.54 bits per heavy atom. The summed E-state index contributed by atoms with van der Waals surface area (Å²) in [6, 6.07) is 9.05. The zero-order valence-corrected chi connectivity index (χ0v) is 8.31. The largest absolute Gasteiger partial charge is 0.305 e. The van der Waals surface area contributed by atoms with E-state index < -0.39 is 11.2 Å². The van der Waals surface area contributed by atoms with Crippen LogP contribution in [0.4, 0.5) is 0 Å². The molecule has 0 heterocycles. The summed E-state index contributed by atoms with van der Waals surface area (Å²) in [5, 5.41) is 9.73. The van der Waals surface area contributed by atoms with Crippen molar-refractivity contribution in [3.8, 4) is 0 Å². The van der Waals surface area contributed by atoms with Crippen molar-refractivity contribution in [1.82, 2.24) is 0 Å². The average Bonchev–Trinajstić information content (AvgIpc) is 2.15. The van der Waals surface area contributed by atoms with E-state index in [1.165, 1.54) is 0 Å². The van der Waals surface area contributed by atoms with Gasteiger partial charge in [0.25, 0.3) is 5.09 Å². The summed E-state index contributed by atoms with van der Waals surface area (Å²) in [6.45, 7) is 0. The van der Waals surface area contributed by atoms with Gasteiger partial charge in [-0.05, 0) is 5.56 Å². The van der Waals surface area contributed by atoms with Crippen molar-refractivity contribution in [2.75, 3.05) is 5.33 Å². The number of hydrogen-bond donors (Lipinski definition) is 0. The van der Waals surface area contributed by atoms with Crippen LogP contribution in [0.3, 0.4) is 0 Å². The normalized spacial score (nSPS) is 12.1. The van der Waals surface area contributed by atoms with Gasteiger partial charge in [-0.2, -0.15) is 0 Å². The molecule has 1 aromatic carbocycles. The average molecular weight is 246 g/mol. The second-order valence-electron chi connectivity index (χ2n) is 2.38. The van der Waals surface area contributed by atoms with Crippen molar-refractivity contribution < 1.29 is 9.92 Å². The molecule has 13 heavy (non-hydrogen) atoms. The van der Waals surface area contributed by atoms with Gasteiger partial charge in [-0.1, -0.05) is 46.3 Å².